The Balaban J connectivity index is 2.06. The van der Waals surface area contributed by atoms with Gasteiger partial charge >= 0.3 is 0 Å². The van der Waals surface area contributed by atoms with E-state index in [0.717, 1.165) is 32.4 Å². The van der Waals surface area contributed by atoms with Crippen LogP contribution >= 0.6 is 0 Å². The van der Waals surface area contributed by atoms with Crippen molar-refractivity contribution in [3.8, 4) is 0 Å². The third-order valence-corrected chi connectivity index (χ3v) is 2.39. The number of H-pyrrole nitrogens is 1. The van der Waals surface area contributed by atoms with Gasteiger partial charge in [0.2, 0.25) is 0 Å². The lowest BCUT2D eigenvalue weighted by molar-refractivity contribution is 0.264. The molecule has 0 saturated heterocycles. The first-order valence-electron chi connectivity index (χ1n) is 5.24. The van der Waals surface area contributed by atoms with Crippen molar-refractivity contribution in [2.75, 3.05) is 26.7 Å². The summed E-state index contributed by atoms with van der Waals surface area (Å²) in [5, 5.41) is 8.64. The number of unbranched alkanes of at least 4 members (excludes halogenated alkanes) is 1. The Hall–Kier alpha value is -0.800. The first kappa shape index (κ1) is 11.3. The lowest BCUT2D eigenvalue weighted by atomic mass is 10.2. The number of likely N-dealkylation sites (N-methyl/N-ethyl adjacent to an activating group) is 1. The number of aliphatic hydroxyl groups is 1. The second kappa shape index (κ2) is 6.62. The number of aromatic nitrogens is 1. The van der Waals surface area contributed by atoms with Gasteiger partial charge in [-0.2, -0.15) is 0 Å². The Morgan fingerprint density at radius 1 is 1.36 bits per heavy atom. The molecule has 0 aromatic carbocycles. The molecule has 0 spiro atoms. The van der Waals surface area contributed by atoms with Crippen LogP contribution in [-0.4, -0.2) is 41.7 Å². The van der Waals surface area contributed by atoms with Crippen LogP contribution in [0, 0.1) is 0 Å². The van der Waals surface area contributed by atoms with Gasteiger partial charge in [-0.3, -0.25) is 0 Å². The lowest BCUT2D eigenvalue weighted by Gasteiger charge is -2.15. The maximum atomic E-state index is 8.64. The zero-order chi connectivity index (χ0) is 10.2. The normalized spacial score (nSPS) is 11.1. The van der Waals surface area contributed by atoms with Crippen LogP contribution < -0.4 is 0 Å². The topological polar surface area (TPSA) is 39.3 Å². The zero-order valence-electron chi connectivity index (χ0n) is 8.87. The number of nitrogens with zero attached hydrogens (tertiary/aromatic N) is 1. The van der Waals surface area contributed by atoms with Crippen LogP contribution in [0.25, 0.3) is 0 Å². The average Bonchev–Trinajstić information content (AvgIpc) is 2.68. The number of hydrogen-bond acceptors (Lipinski definition) is 2. The minimum atomic E-state index is 0.311. The van der Waals surface area contributed by atoms with Gasteiger partial charge in [0.1, 0.15) is 0 Å². The van der Waals surface area contributed by atoms with Crippen molar-refractivity contribution in [3.05, 3.63) is 24.0 Å². The van der Waals surface area contributed by atoms with Crippen molar-refractivity contribution in [1.82, 2.24) is 9.88 Å². The Morgan fingerprint density at radius 3 is 2.86 bits per heavy atom. The third-order valence-electron chi connectivity index (χ3n) is 2.39. The van der Waals surface area contributed by atoms with Crippen LogP contribution in [0.15, 0.2) is 18.5 Å². The van der Waals surface area contributed by atoms with E-state index in [2.05, 4.69) is 23.0 Å². The van der Waals surface area contributed by atoms with Gasteiger partial charge in [0.05, 0.1) is 0 Å². The van der Waals surface area contributed by atoms with Gasteiger partial charge in [0, 0.05) is 25.5 Å². The van der Waals surface area contributed by atoms with Crippen molar-refractivity contribution in [2.45, 2.75) is 19.3 Å². The second-order valence-corrected chi connectivity index (χ2v) is 3.70. The Bertz CT molecular complexity index is 221. The fourth-order valence-electron chi connectivity index (χ4n) is 1.44. The SMILES string of the molecule is CN(CCCCO)CCc1cc[nH]c1. The molecule has 0 amide bonds. The molecule has 0 fully saturated rings. The summed E-state index contributed by atoms with van der Waals surface area (Å²) in [6, 6.07) is 2.11. The summed E-state index contributed by atoms with van der Waals surface area (Å²) in [6.45, 7) is 2.47. The molecule has 1 rings (SSSR count). The van der Waals surface area contributed by atoms with Gasteiger partial charge in [0.25, 0.3) is 0 Å². The molecule has 0 bridgehead atoms. The minimum absolute atomic E-state index is 0.311. The van der Waals surface area contributed by atoms with E-state index in [9.17, 15) is 0 Å². The van der Waals surface area contributed by atoms with Crippen LogP contribution in [0.4, 0.5) is 0 Å². The highest BCUT2D eigenvalue weighted by Crippen LogP contribution is 2.00. The summed E-state index contributed by atoms with van der Waals surface area (Å²) in [5.74, 6) is 0. The maximum absolute atomic E-state index is 8.64. The summed E-state index contributed by atoms with van der Waals surface area (Å²) in [5.41, 5.74) is 1.36. The van der Waals surface area contributed by atoms with Gasteiger partial charge in [-0.05, 0) is 44.5 Å². The molecule has 0 aliphatic carbocycles. The number of aromatic amines is 1. The highest BCUT2D eigenvalue weighted by molar-refractivity contribution is 5.08. The van der Waals surface area contributed by atoms with Gasteiger partial charge in [-0.25, -0.2) is 0 Å². The molecule has 0 atom stereocenters. The maximum Gasteiger partial charge on any atom is 0.0431 e. The predicted molar refractivity (Wildman–Crippen MR) is 58.3 cm³/mol. The molecule has 1 heterocycles. The summed E-state index contributed by atoms with van der Waals surface area (Å²) < 4.78 is 0. The van der Waals surface area contributed by atoms with E-state index >= 15 is 0 Å². The van der Waals surface area contributed by atoms with E-state index in [0.29, 0.717) is 6.61 Å². The summed E-state index contributed by atoms with van der Waals surface area (Å²) in [6.07, 6.45) is 7.09. The second-order valence-electron chi connectivity index (χ2n) is 3.70. The number of nitrogens with one attached hydrogen (secondary N) is 1. The molecule has 2 N–H and O–H groups in total. The smallest absolute Gasteiger partial charge is 0.0431 e. The summed E-state index contributed by atoms with van der Waals surface area (Å²) in [4.78, 5) is 5.36. The molecule has 0 aliphatic heterocycles. The molecule has 0 saturated carbocycles. The summed E-state index contributed by atoms with van der Waals surface area (Å²) >= 11 is 0. The quantitative estimate of drug-likeness (QED) is 0.644. The minimum Gasteiger partial charge on any atom is -0.396 e. The number of hydrogen-bond donors (Lipinski definition) is 2. The van der Waals surface area contributed by atoms with Crippen LogP contribution in [0.5, 0.6) is 0 Å². The van der Waals surface area contributed by atoms with E-state index in [1.807, 2.05) is 12.4 Å². The molecular formula is C11H20N2O. The molecule has 1 aromatic heterocycles. The van der Waals surface area contributed by atoms with Crippen molar-refractivity contribution < 1.29 is 5.11 Å². The van der Waals surface area contributed by atoms with Gasteiger partial charge in [0.15, 0.2) is 0 Å². The Morgan fingerprint density at radius 2 is 2.21 bits per heavy atom. The van der Waals surface area contributed by atoms with E-state index < -0.39 is 0 Å². The monoisotopic (exact) mass is 196 g/mol. The first-order chi connectivity index (χ1) is 6.83. The molecule has 1 aromatic rings. The van der Waals surface area contributed by atoms with E-state index in [1.54, 1.807) is 0 Å². The van der Waals surface area contributed by atoms with Crippen LogP contribution in [0.2, 0.25) is 0 Å². The number of rotatable bonds is 7. The van der Waals surface area contributed by atoms with Gasteiger partial charge in [-0.15, -0.1) is 0 Å². The van der Waals surface area contributed by atoms with E-state index in [-0.39, 0.29) is 0 Å². The van der Waals surface area contributed by atoms with Crippen molar-refractivity contribution >= 4 is 0 Å². The molecule has 14 heavy (non-hydrogen) atoms. The predicted octanol–water partition coefficient (Wildman–Crippen LogP) is 1.26. The van der Waals surface area contributed by atoms with Crippen molar-refractivity contribution in [3.63, 3.8) is 0 Å². The first-order valence-corrected chi connectivity index (χ1v) is 5.24. The van der Waals surface area contributed by atoms with E-state index in [1.165, 1.54) is 5.56 Å². The highest BCUT2D eigenvalue weighted by atomic mass is 16.2. The van der Waals surface area contributed by atoms with Crippen molar-refractivity contribution in [1.29, 1.82) is 0 Å². The number of aliphatic hydroxyl groups excluding tert-OH is 1. The molecule has 0 radical (unpaired) electrons. The molecular weight excluding hydrogens is 176 g/mol. The fourth-order valence-corrected chi connectivity index (χ4v) is 1.44. The fraction of sp³-hybridized carbons (Fsp3) is 0.636. The average molecular weight is 196 g/mol. The van der Waals surface area contributed by atoms with Gasteiger partial charge in [-0.1, -0.05) is 0 Å². The van der Waals surface area contributed by atoms with Crippen LogP contribution in [-0.2, 0) is 6.42 Å². The largest absolute Gasteiger partial charge is 0.396 e. The van der Waals surface area contributed by atoms with Crippen LogP contribution in [0.1, 0.15) is 18.4 Å². The van der Waals surface area contributed by atoms with Crippen molar-refractivity contribution in [2.24, 2.45) is 0 Å². The molecule has 0 aliphatic rings. The Kier molecular flexibility index (Phi) is 5.33. The van der Waals surface area contributed by atoms with Crippen LogP contribution in [0.3, 0.4) is 0 Å². The zero-order valence-corrected chi connectivity index (χ0v) is 8.87. The van der Waals surface area contributed by atoms with Gasteiger partial charge < -0.3 is 15.0 Å². The molecule has 3 nitrogen and oxygen atoms in total. The molecule has 80 valence electrons. The lowest BCUT2D eigenvalue weighted by Crippen LogP contribution is -2.22. The van der Waals surface area contributed by atoms with E-state index in [4.69, 9.17) is 5.11 Å². The highest BCUT2D eigenvalue weighted by Gasteiger charge is 1.99. The third kappa shape index (κ3) is 4.44. The molecule has 0 unspecified atom stereocenters. The summed E-state index contributed by atoms with van der Waals surface area (Å²) in [7, 11) is 2.13. The standard InChI is InChI=1S/C11H20N2O/c1-13(7-2-3-9-14)8-5-11-4-6-12-10-11/h4,6,10,12,14H,2-3,5,7-9H2,1H3. The molecule has 3 heteroatoms. The Labute approximate surface area is 85.7 Å².